The summed E-state index contributed by atoms with van der Waals surface area (Å²) in [5.74, 6) is -0.272. The smallest absolute Gasteiger partial charge is 0.170 e. The van der Waals surface area contributed by atoms with Crippen molar-refractivity contribution < 1.29 is 9.13 Å². The molecule has 0 unspecified atom stereocenters. The molecule has 0 spiro atoms. The van der Waals surface area contributed by atoms with Gasteiger partial charge in [-0.3, -0.25) is 4.98 Å². The minimum Gasteiger partial charge on any atom is -0.383 e. The summed E-state index contributed by atoms with van der Waals surface area (Å²) in [5, 5.41) is 4.03. The Morgan fingerprint density at radius 1 is 1.14 bits per heavy atom. The molecule has 2 atom stereocenters. The van der Waals surface area contributed by atoms with Crippen LogP contribution in [0.4, 0.5) is 4.39 Å². The first kappa shape index (κ1) is 18.6. The third-order valence-electron chi connectivity index (χ3n) is 4.93. The molecule has 1 N–H and O–H groups in total. The fourth-order valence-corrected chi connectivity index (χ4v) is 3.99. The van der Waals surface area contributed by atoms with Crippen LogP contribution in [0.25, 0.3) is 5.69 Å². The van der Waals surface area contributed by atoms with Crippen LogP contribution in [-0.4, -0.2) is 39.8 Å². The highest BCUT2D eigenvalue weighted by atomic mass is 32.1. The molecule has 1 aliphatic rings. The maximum absolute atomic E-state index is 14.5. The molecule has 1 saturated heterocycles. The number of benzene rings is 1. The van der Waals surface area contributed by atoms with Gasteiger partial charge in [0.15, 0.2) is 5.11 Å². The molecule has 2 aromatic heterocycles. The van der Waals surface area contributed by atoms with Gasteiger partial charge in [0.1, 0.15) is 5.82 Å². The quantitative estimate of drug-likeness (QED) is 0.645. The van der Waals surface area contributed by atoms with Gasteiger partial charge < -0.3 is 19.5 Å². The lowest BCUT2D eigenvalue weighted by Gasteiger charge is -2.28. The molecule has 1 fully saturated rings. The first-order valence-electron chi connectivity index (χ1n) is 9.10. The van der Waals surface area contributed by atoms with Crippen LogP contribution >= 0.6 is 12.2 Å². The number of aromatic nitrogens is 2. The normalized spacial score (nSPS) is 19.1. The van der Waals surface area contributed by atoms with Gasteiger partial charge in [-0.1, -0.05) is 18.2 Å². The second-order valence-electron chi connectivity index (χ2n) is 6.57. The molecule has 4 rings (SSSR count). The summed E-state index contributed by atoms with van der Waals surface area (Å²) < 4.78 is 21.7. The van der Waals surface area contributed by atoms with Gasteiger partial charge in [0.25, 0.3) is 0 Å². The highest BCUT2D eigenvalue weighted by Gasteiger charge is 2.41. The second kappa shape index (κ2) is 8.08. The first-order valence-corrected chi connectivity index (χ1v) is 9.50. The van der Waals surface area contributed by atoms with E-state index in [4.69, 9.17) is 17.0 Å². The number of hydrogen-bond acceptors (Lipinski definition) is 3. The lowest BCUT2D eigenvalue weighted by molar-refractivity contribution is 0.163. The highest BCUT2D eigenvalue weighted by Crippen LogP contribution is 2.39. The molecule has 1 aromatic carbocycles. The molecule has 0 radical (unpaired) electrons. The molecule has 144 valence electrons. The van der Waals surface area contributed by atoms with Crippen molar-refractivity contribution in [3.8, 4) is 5.69 Å². The summed E-state index contributed by atoms with van der Waals surface area (Å²) in [6.45, 7) is 1.16. The zero-order valence-electron chi connectivity index (χ0n) is 15.5. The van der Waals surface area contributed by atoms with Crippen molar-refractivity contribution in [2.75, 3.05) is 20.3 Å². The van der Waals surface area contributed by atoms with E-state index < -0.39 is 0 Å². The molecule has 0 bridgehead atoms. The van der Waals surface area contributed by atoms with Gasteiger partial charge in [-0.15, -0.1) is 0 Å². The lowest BCUT2D eigenvalue weighted by Crippen LogP contribution is -2.33. The molecule has 28 heavy (non-hydrogen) atoms. The summed E-state index contributed by atoms with van der Waals surface area (Å²) in [4.78, 5) is 6.61. The Kier molecular flexibility index (Phi) is 5.36. The average molecular weight is 396 g/mol. The Balaban J connectivity index is 1.81. The van der Waals surface area contributed by atoms with Crippen molar-refractivity contribution in [3.05, 3.63) is 84.2 Å². The predicted molar refractivity (Wildman–Crippen MR) is 110 cm³/mol. The number of methoxy groups -OCH3 is 1. The SMILES string of the molecule is COCCN1C(=S)N[C@@H](c2ccccn2)[C@H]1c1cccn1-c1ccccc1F. The molecule has 5 nitrogen and oxygen atoms in total. The Hall–Kier alpha value is -2.77. The van der Waals surface area contributed by atoms with Gasteiger partial charge in [-0.2, -0.15) is 0 Å². The predicted octanol–water partition coefficient (Wildman–Crippen LogP) is 3.63. The van der Waals surface area contributed by atoms with Crippen molar-refractivity contribution >= 4 is 17.3 Å². The van der Waals surface area contributed by atoms with Crippen LogP contribution in [0.1, 0.15) is 23.5 Å². The summed E-state index contributed by atoms with van der Waals surface area (Å²) in [6, 6.07) is 16.2. The Bertz CT molecular complexity index is 962. The maximum atomic E-state index is 14.5. The standard InChI is InChI=1S/C21H21FN4OS/c1-27-14-13-26-20(19(24-21(26)28)16-8-4-5-11-23-16)18-10-6-12-25(18)17-9-3-2-7-15(17)22/h2-12,19-20H,13-14H2,1H3,(H,24,28)/t19-,20+/m0/s1. The van der Waals surface area contributed by atoms with Gasteiger partial charge in [0.05, 0.1) is 30.1 Å². The molecule has 3 aromatic rings. The summed E-state index contributed by atoms with van der Waals surface area (Å²) >= 11 is 5.62. The summed E-state index contributed by atoms with van der Waals surface area (Å²) in [6.07, 6.45) is 3.64. The monoisotopic (exact) mass is 396 g/mol. The molecule has 0 saturated carbocycles. The van der Waals surface area contributed by atoms with E-state index in [1.54, 1.807) is 25.4 Å². The van der Waals surface area contributed by atoms with E-state index in [-0.39, 0.29) is 17.9 Å². The topological polar surface area (TPSA) is 42.3 Å². The van der Waals surface area contributed by atoms with E-state index in [9.17, 15) is 4.39 Å². The van der Waals surface area contributed by atoms with Gasteiger partial charge in [-0.25, -0.2) is 4.39 Å². The highest BCUT2D eigenvalue weighted by molar-refractivity contribution is 7.80. The van der Waals surface area contributed by atoms with Gasteiger partial charge in [0, 0.05) is 31.7 Å². The fraction of sp³-hybridized carbons (Fsp3) is 0.238. The molecule has 0 amide bonds. The van der Waals surface area contributed by atoms with E-state index in [0.29, 0.717) is 24.0 Å². The molecular weight excluding hydrogens is 375 g/mol. The number of nitrogens with one attached hydrogen (secondary N) is 1. The summed E-state index contributed by atoms with van der Waals surface area (Å²) in [5.41, 5.74) is 2.33. The number of rotatable bonds is 6. The van der Waals surface area contributed by atoms with E-state index >= 15 is 0 Å². The van der Waals surface area contributed by atoms with Crippen LogP contribution in [0.3, 0.4) is 0 Å². The Morgan fingerprint density at radius 3 is 2.71 bits per heavy atom. The Labute approximate surface area is 168 Å². The third kappa shape index (κ3) is 3.39. The fourth-order valence-electron chi connectivity index (χ4n) is 3.66. The molecule has 3 heterocycles. The number of ether oxygens (including phenoxy) is 1. The van der Waals surface area contributed by atoms with Crippen molar-refractivity contribution in [1.82, 2.24) is 19.8 Å². The first-order chi connectivity index (χ1) is 13.7. The molecular formula is C21H21FN4OS. The number of nitrogens with zero attached hydrogens (tertiary/aromatic N) is 3. The van der Waals surface area contributed by atoms with Crippen molar-refractivity contribution in [1.29, 1.82) is 0 Å². The van der Waals surface area contributed by atoms with Gasteiger partial charge in [-0.05, 0) is 48.6 Å². The molecule has 1 aliphatic heterocycles. The molecule has 0 aliphatic carbocycles. The minimum absolute atomic E-state index is 0.146. The number of hydrogen-bond donors (Lipinski definition) is 1. The second-order valence-corrected chi connectivity index (χ2v) is 6.95. The largest absolute Gasteiger partial charge is 0.383 e. The van der Waals surface area contributed by atoms with Gasteiger partial charge in [0.2, 0.25) is 0 Å². The number of para-hydroxylation sites is 1. The zero-order valence-corrected chi connectivity index (χ0v) is 16.3. The zero-order chi connectivity index (χ0) is 19.5. The number of thiocarbonyl (C=S) groups is 1. The molecule has 7 heteroatoms. The Morgan fingerprint density at radius 2 is 1.96 bits per heavy atom. The van der Waals surface area contributed by atoms with Crippen LogP contribution in [0.5, 0.6) is 0 Å². The van der Waals surface area contributed by atoms with Crippen molar-refractivity contribution in [3.63, 3.8) is 0 Å². The van der Waals surface area contributed by atoms with Crippen LogP contribution in [0.2, 0.25) is 0 Å². The van der Waals surface area contributed by atoms with Crippen LogP contribution in [0.15, 0.2) is 67.0 Å². The minimum atomic E-state index is -0.272. The number of halogens is 1. The summed E-state index contributed by atoms with van der Waals surface area (Å²) in [7, 11) is 1.67. The van der Waals surface area contributed by atoms with Crippen LogP contribution in [-0.2, 0) is 4.74 Å². The van der Waals surface area contributed by atoms with Gasteiger partial charge >= 0.3 is 0 Å². The van der Waals surface area contributed by atoms with Crippen LogP contribution in [0, 0.1) is 5.82 Å². The lowest BCUT2D eigenvalue weighted by atomic mass is 10.0. The van der Waals surface area contributed by atoms with Crippen molar-refractivity contribution in [2.24, 2.45) is 0 Å². The van der Waals surface area contributed by atoms with E-state index in [1.807, 2.05) is 47.2 Å². The van der Waals surface area contributed by atoms with E-state index in [1.165, 1.54) is 6.07 Å². The van der Waals surface area contributed by atoms with Crippen molar-refractivity contribution in [2.45, 2.75) is 12.1 Å². The van der Waals surface area contributed by atoms with E-state index in [2.05, 4.69) is 15.2 Å². The number of pyridine rings is 1. The van der Waals surface area contributed by atoms with Crippen LogP contribution < -0.4 is 5.32 Å². The average Bonchev–Trinajstić information content (AvgIpc) is 3.31. The third-order valence-corrected chi connectivity index (χ3v) is 5.28. The maximum Gasteiger partial charge on any atom is 0.170 e. The van der Waals surface area contributed by atoms with E-state index in [0.717, 1.165) is 11.4 Å².